The van der Waals surface area contributed by atoms with Crippen LogP contribution in [0.2, 0.25) is 0 Å². The molecule has 2 aromatic heterocycles. The number of rotatable bonds is 39. The normalized spacial score (nSPS) is 12.4. The van der Waals surface area contributed by atoms with Crippen LogP contribution in [0.25, 0.3) is 0 Å². The number of hydrogen-bond donors (Lipinski definition) is 10. The van der Waals surface area contributed by atoms with Gasteiger partial charge in [0.2, 0.25) is 13.3 Å². The number of aliphatic hydroxyl groups excluding tert-OH is 2. The van der Waals surface area contributed by atoms with E-state index in [0.29, 0.717) is 5.69 Å². The zero-order chi connectivity index (χ0) is 74.9. The Bertz CT molecular complexity index is 3360. The Kier molecular flexibility index (Phi) is 55.0. The Morgan fingerprint density at radius 2 is 0.747 bits per heavy atom. The van der Waals surface area contributed by atoms with Crippen molar-refractivity contribution in [2.45, 2.75) is 20.1 Å². The summed E-state index contributed by atoms with van der Waals surface area (Å²) in [7, 11) is -32.7. The fraction of sp³-hybridized carbons (Fsp3) is 0.829. The molecular weight excluding hydrogens is 1590 g/mol. The highest BCUT2D eigenvalue weighted by Crippen LogP contribution is 2.52. The van der Waals surface area contributed by atoms with Gasteiger partial charge in [-0.25, -0.2) is 29.5 Å². The maximum atomic E-state index is 12.9. The number of nitro groups is 2. The van der Waals surface area contributed by atoms with Gasteiger partial charge in [-0.1, -0.05) is 9.97 Å². The summed E-state index contributed by atoms with van der Waals surface area (Å²) in [5.74, 6) is -3.39. The van der Waals surface area contributed by atoms with Gasteiger partial charge >= 0.3 is 27.2 Å². The fourth-order valence-corrected chi connectivity index (χ4v) is 10.7. The molecule has 570 valence electrons. The molecule has 0 aliphatic rings. The van der Waals surface area contributed by atoms with Crippen LogP contribution >= 0.6 is 63.5 Å². The molecule has 0 aliphatic heterocycles. The predicted octanol–water partition coefficient (Wildman–Crippen LogP) is -2.31. The number of imidazole rings is 2. The molecule has 11 N–H and O–H groups in total. The summed E-state index contributed by atoms with van der Waals surface area (Å²) in [6.07, 6.45) is 8.67. The number of nitrogens with one attached hydrogen (secondary N) is 6. The van der Waals surface area contributed by atoms with E-state index >= 15 is 0 Å². The van der Waals surface area contributed by atoms with Crippen molar-refractivity contribution in [1.82, 2.24) is 49.6 Å². The fourth-order valence-electron chi connectivity index (χ4n) is 4.56. The highest BCUT2D eigenvalue weighted by Gasteiger charge is 2.26. The molecule has 0 saturated heterocycles. The van der Waals surface area contributed by atoms with Crippen LogP contribution < -0.4 is 36.3 Å². The lowest BCUT2D eigenvalue weighted by molar-refractivity contribution is -0.396. The maximum Gasteiger partial charge on any atom is 0.434 e. The van der Waals surface area contributed by atoms with Gasteiger partial charge in [0, 0.05) is 65.7 Å². The summed E-state index contributed by atoms with van der Waals surface area (Å²) in [6.45, 7) is 2.11. The van der Waals surface area contributed by atoms with Crippen molar-refractivity contribution in [3.63, 3.8) is 0 Å². The van der Waals surface area contributed by atoms with E-state index in [-0.39, 0.29) is 136 Å². The number of nitrogens with two attached hydrogens (primary N) is 1. The average Bonchev–Trinajstić information content (AvgIpc) is 1.74. The van der Waals surface area contributed by atoms with Crippen molar-refractivity contribution in [2.75, 3.05) is 156 Å². The highest BCUT2D eigenvalue weighted by molar-refractivity contribution is 8.08. The second kappa shape index (κ2) is 50.3. The van der Waals surface area contributed by atoms with Crippen LogP contribution in [0, 0.1) is 20.2 Å². The van der Waals surface area contributed by atoms with E-state index in [1.807, 2.05) is 0 Å². The zero-order valence-corrected chi connectivity index (χ0v) is 64.5. The first-order chi connectivity index (χ1) is 42.2. The second-order valence-corrected chi connectivity index (χ2v) is 40.8. The molecule has 46 nitrogen and oxygen atoms in total. The van der Waals surface area contributed by atoms with E-state index < -0.39 is 115 Å². The number of hydrogen-bond acceptors (Lipinski definition) is 35. The van der Waals surface area contributed by atoms with Crippen molar-refractivity contribution < 1.29 is 136 Å². The van der Waals surface area contributed by atoms with Crippen LogP contribution in [0.4, 0.5) is 11.9 Å². The zero-order valence-electron chi connectivity index (χ0n) is 52.8. The van der Waals surface area contributed by atoms with Crippen LogP contribution in [-0.4, -0.2) is 259 Å². The van der Waals surface area contributed by atoms with Crippen molar-refractivity contribution in [3.05, 3.63) is 44.0 Å². The minimum Gasteiger partial charge on any atom is -0.397 e. The van der Waals surface area contributed by atoms with Crippen LogP contribution in [0.3, 0.4) is 0 Å². The lowest BCUT2D eigenvalue weighted by Crippen LogP contribution is -2.30. The number of aliphatic hydroxyl groups is 2. The van der Waals surface area contributed by atoms with E-state index in [1.165, 1.54) is 44.4 Å². The molecule has 0 aliphatic carbocycles. The molecule has 2 heterocycles. The molecule has 0 atom stereocenters. The van der Waals surface area contributed by atoms with Crippen LogP contribution in [0.15, 0.2) is 12.4 Å². The van der Waals surface area contributed by atoms with E-state index in [0.717, 1.165) is 48.4 Å². The van der Waals surface area contributed by atoms with Gasteiger partial charge in [0.25, 0.3) is 70.8 Å². The summed E-state index contributed by atoms with van der Waals surface area (Å²) in [5, 5.41) is 51.5. The molecule has 0 spiro atoms. The lowest BCUT2D eigenvalue weighted by Gasteiger charge is -2.20. The monoisotopic (exact) mass is 1670 g/mol. The van der Waals surface area contributed by atoms with Crippen molar-refractivity contribution >= 4 is 146 Å². The molecule has 0 bridgehead atoms. The van der Waals surface area contributed by atoms with Crippen LogP contribution in [0.5, 0.6) is 0 Å². The molecule has 0 fully saturated rings. The Morgan fingerprint density at radius 1 is 0.516 bits per heavy atom. The Hall–Kier alpha value is -2.06. The standard InChI is InChI=1S/C11H22N5O10PS2.C7H19N2O7PS2.C6H17N2O8PS2.C5H7N3O3.C3H9NO3S.C2H6O.CH3Cl2OP.ClH/c1-15-10(8-12-11(15)16(17)18)9-24-27(19,13-4-6-25-28(2,20)21)14-5-7-26-29(3,22)23;1-17(10,8-4-6-15-18(2,11)12)9-5-7-16-19(3,13)14;1-18(11,12)15-5-3-7-17(9,10)8-4-6-16-19(2,13)14;1-7-4(3-9)2-6-5(7)8(10)11;1-8(5,6)7-3-2-4;1-2-3;1-5(2,3)4;/h8H,4-7,9H2,1-3H3,(H2,13,14,19);4-7H2,1-3H3,(H2,8,9,10);3-6H2,1-2H3,(H3,7,8,9,10);2,9H,3H2,1H3;2-4H2,1H3;3H,2H2,1H3;1H3;1H. The van der Waals surface area contributed by atoms with Crippen molar-refractivity contribution in [2.24, 2.45) is 19.8 Å². The van der Waals surface area contributed by atoms with Gasteiger partial charge in [-0.15, -0.1) is 12.4 Å². The highest BCUT2D eigenvalue weighted by atomic mass is 35.9. The van der Waals surface area contributed by atoms with E-state index in [2.05, 4.69) is 69.8 Å². The summed E-state index contributed by atoms with van der Waals surface area (Å²) in [4.78, 5) is 36.1. The first-order valence-electron chi connectivity index (χ1n) is 24.9. The molecule has 2 aromatic rings. The largest absolute Gasteiger partial charge is 0.434 e. The van der Waals surface area contributed by atoms with Gasteiger partial charge in [0.1, 0.15) is 37.0 Å². The average molecular weight is 1670 g/mol. The second-order valence-electron chi connectivity index (χ2n) is 17.2. The van der Waals surface area contributed by atoms with Crippen molar-refractivity contribution in [3.8, 4) is 0 Å². The molecule has 0 unspecified atom stereocenters. The van der Waals surface area contributed by atoms with Crippen LogP contribution in [-0.2, 0) is 150 Å². The van der Waals surface area contributed by atoms with E-state index in [9.17, 15) is 102 Å². The summed E-state index contributed by atoms with van der Waals surface area (Å²) in [5.41, 5.74) is 5.61. The van der Waals surface area contributed by atoms with E-state index in [4.69, 9.17) is 43.0 Å². The summed E-state index contributed by atoms with van der Waals surface area (Å²) >= 11 is 9.70. The third kappa shape index (κ3) is 76.0. The Morgan fingerprint density at radius 3 is 0.958 bits per heavy atom. The van der Waals surface area contributed by atoms with Gasteiger partial charge < -0.3 is 41.1 Å². The number of aromatic nitrogens is 4. The summed E-state index contributed by atoms with van der Waals surface area (Å²) in [6, 6.07) is 0. The third-order valence-corrected chi connectivity index (χ3v) is 16.8. The van der Waals surface area contributed by atoms with E-state index in [1.54, 1.807) is 6.92 Å². The number of nitrogens with zero attached hydrogens (tertiary/aromatic N) is 6. The SMILES string of the molecule is CCO.CP(=O)(Cl)Cl.CP(=O)(NCCOS(C)(=O)=O)NCCOS(C)(=O)=O.CS(=O)(=O)OCCN.CS(=O)(=O)OCCNP(=O)(O)NCCOS(C)(=O)=O.Cl.Cn1c(CO)cnc1[N+](=O)[O-].Cn1c(COP(=O)(NCCOS(C)(=O)=O)NCCOS(C)(=O)=O)cnc1[N+](=O)[O-]. The first kappa shape index (κ1) is 104. The topological polar surface area (TPSA) is 662 Å². The lowest BCUT2D eigenvalue weighted by atomic mass is 10.5. The summed E-state index contributed by atoms with van der Waals surface area (Å²) < 4.78 is 233. The predicted molar refractivity (Wildman–Crippen MR) is 349 cm³/mol. The molecule has 0 radical (unpaired) electrons. The molecule has 60 heteroatoms. The molecular formula is C35H84Cl3N13O33P4S7. The molecule has 95 heavy (non-hydrogen) atoms. The minimum absolute atomic E-state index is 0. The minimum atomic E-state index is -3.91. The van der Waals surface area contributed by atoms with Crippen LogP contribution in [0.1, 0.15) is 18.3 Å². The Balaban J connectivity index is -0.000000265. The molecule has 0 amide bonds. The maximum absolute atomic E-state index is 12.9. The number of halogens is 3. The van der Waals surface area contributed by atoms with Gasteiger partial charge in [0.15, 0.2) is 0 Å². The first-order valence-corrected chi connectivity index (χ1v) is 47.1. The van der Waals surface area contributed by atoms with Gasteiger partial charge in [0.05, 0.1) is 104 Å². The molecule has 0 aromatic carbocycles. The van der Waals surface area contributed by atoms with Crippen molar-refractivity contribution in [1.29, 1.82) is 0 Å². The third-order valence-electron chi connectivity index (χ3n) is 7.93. The Labute approximate surface area is 567 Å². The van der Waals surface area contributed by atoms with Gasteiger partial charge in [-0.3, -0.25) is 62.2 Å². The quantitative estimate of drug-likeness (QED) is 0.0111. The molecule has 2 rings (SSSR count). The van der Waals surface area contributed by atoms with Gasteiger partial charge in [-0.2, -0.15) is 58.9 Å². The van der Waals surface area contributed by atoms with Gasteiger partial charge in [-0.05, 0) is 39.3 Å². The molecule has 0 saturated carbocycles. The smallest absolute Gasteiger partial charge is 0.397 e.